The van der Waals surface area contributed by atoms with Crippen molar-refractivity contribution in [2.75, 3.05) is 20.8 Å². The fraction of sp³-hybridized carbons (Fsp3) is 0.269. The summed E-state index contributed by atoms with van der Waals surface area (Å²) in [6.45, 7) is 4.88. The van der Waals surface area contributed by atoms with Crippen molar-refractivity contribution in [1.29, 1.82) is 0 Å². The van der Waals surface area contributed by atoms with Crippen molar-refractivity contribution in [3.05, 3.63) is 98.2 Å². The molecule has 1 aromatic heterocycles. The number of methoxy groups -OCH3 is 2. The number of carbonyl (C=O) groups is 1. The van der Waals surface area contributed by atoms with E-state index < -0.39 is 27.4 Å². The smallest absolute Gasteiger partial charge is 0.338 e. The number of rotatable bonds is 8. The molecule has 1 aliphatic rings. The fourth-order valence-corrected chi connectivity index (χ4v) is 5.44. The quantitative estimate of drug-likeness (QED) is 0.226. The fourth-order valence-electron chi connectivity index (χ4n) is 4.40. The van der Waals surface area contributed by atoms with E-state index in [1.165, 1.54) is 43.1 Å². The van der Waals surface area contributed by atoms with Gasteiger partial charge in [0.25, 0.3) is 11.2 Å². The van der Waals surface area contributed by atoms with E-state index in [-0.39, 0.29) is 55.6 Å². The lowest BCUT2D eigenvalue weighted by atomic mass is 9.94. The van der Waals surface area contributed by atoms with Crippen LogP contribution in [-0.2, 0) is 9.53 Å². The van der Waals surface area contributed by atoms with Gasteiger partial charge in [-0.05, 0) is 32.4 Å². The molecule has 0 saturated heterocycles. The number of aryl methyl sites for hydroxylation is 1. The van der Waals surface area contributed by atoms with Crippen LogP contribution in [-0.4, -0.2) is 41.2 Å². The molecule has 208 valence electrons. The molecule has 0 spiro atoms. The zero-order valence-electron chi connectivity index (χ0n) is 22.1. The van der Waals surface area contributed by atoms with E-state index >= 15 is 0 Å². The number of nitrogens with zero attached hydrogens (tertiary/aromatic N) is 4. The van der Waals surface area contributed by atoms with Gasteiger partial charge in [0.15, 0.2) is 4.80 Å². The van der Waals surface area contributed by atoms with Gasteiger partial charge in [-0.3, -0.25) is 29.6 Å². The van der Waals surface area contributed by atoms with Gasteiger partial charge in [-0.25, -0.2) is 9.79 Å². The molecule has 2 aromatic carbocycles. The second kappa shape index (κ2) is 11.1. The van der Waals surface area contributed by atoms with Crippen molar-refractivity contribution >= 4 is 34.8 Å². The molecule has 0 aliphatic carbocycles. The minimum Gasteiger partial charge on any atom is -0.496 e. The predicted octanol–water partition coefficient (Wildman–Crippen LogP) is 2.94. The van der Waals surface area contributed by atoms with Crippen LogP contribution in [0.15, 0.2) is 51.4 Å². The Morgan fingerprint density at radius 3 is 2.35 bits per heavy atom. The number of carbonyl (C=O) groups excluding carboxylic acids is 1. The molecule has 13 nitrogen and oxygen atoms in total. The standard InChI is InChI=1S/C26H24N4O9S/c1-6-39-25(32)22-14(3)27-26-28(23(22)15-8-7-13(2)17(9-15)29(33)34)24(31)21(40-26)11-16-10-18(30(35)36)20(38-5)12-19(16)37-4/h7-12,23H,6H2,1-5H3/b21-11+/t23-/m0/s1. The zero-order valence-corrected chi connectivity index (χ0v) is 22.9. The summed E-state index contributed by atoms with van der Waals surface area (Å²) in [5.74, 6) is -0.503. The number of thiazole rings is 1. The SMILES string of the molecule is CCOC(=O)C1=C(C)N=c2s/c(=C/c3cc([N+](=O)[O-])c(OC)cc3OC)c(=O)n2[C@H]1c1ccc(C)c([N+](=O)[O-])c1. The highest BCUT2D eigenvalue weighted by Gasteiger charge is 2.34. The highest BCUT2D eigenvalue weighted by Crippen LogP contribution is 2.35. The second-order valence-corrected chi connectivity index (χ2v) is 9.64. The minimum absolute atomic E-state index is 0.0175. The van der Waals surface area contributed by atoms with Crippen molar-refractivity contribution in [2.24, 2.45) is 4.99 Å². The van der Waals surface area contributed by atoms with E-state index in [4.69, 9.17) is 14.2 Å². The Labute approximate surface area is 230 Å². The van der Waals surface area contributed by atoms with Crippen LogP contribution in [0.25, 0.3) is 6.08 Å². The van der Waals surface area contributed by atoms with E-state index in [1.807, 2.05) is 0 Å². The lowest BCUT2D eigenvalue weighted by Gasteiger charge is -2.24. The van der Waals surface area contributed by atoms with Gasteiger partial charge in [-0.15, -0.1) is 0 Å². The third-order valence-electron chi connectivity index (χ3n) is 6.28. The van der Waals surface area contributed by atoms with Crippen LogP contribution in [0.3, 0.4) is 0 Å². The number of fused-ring (bicyclic) bond motifs is 1. The molecule has 0 fully saturated rings. The Hall–Kier alpha value is -4.85. The van der Waals surface area contributed by atoms with E-state index in [0.29, 0.717) is 11.1 Å². The van der Waals surface area contributed by atoms with Crippen LogP contribution < -0.4 is 24.4 Å². The highest BCUT2D eigenvalue weighted by atomic mass is 32.1. The van der Waals surface area contributed by atoms with Crippen molar-refractivity contribution in [2.45, 2.75) is 26.8 Å². The molecular weight excluding hydrogens is 544 g/mol. The van der Waals surface area contributed by atoms with Gasteiger partial charge in [0.05, 0.1) is 52.5 Å². The van der Waals surface area contributed by atoms with Gasteiger partial charge in [0.1, 0.15) is 5.75 Å². The number of nitro benzene ring substituents is 2. The maximum Gasteiger partial charge on any atom is 0.338 e. The second-order valence-electron chi connectivity index (χ2n) is 8.63. The molecule has 4 rings (SSSR count). The molecule has 0 bridgehead atoms. The molecule has 0 saturated carbocycles. The third-order valence-corrected chi connectivity index (χ3v) is 7.26. The normalized spacial score (nSPS) is 14.8. The number of aromatic nitrogens is 1. The molecule has 14 heteroatoms. The first-order chi connectivity index (χ1) is 19.0. The lowest BCUT2D eigenvalue weighted by Crippen LogP contribution is -2.40. The molecule has 0 amide bonds. The first kappa shape index (κ1) is 28.2. The minimum atomic E-state index is -1.07. The van der Waals surface area contributed by atoms with Crippen LogP contribution in [0.2, 0.25) is 0 Å². The summed E-state index contributed by atoms with van der Waals surface area (Å²) in [5, 5.41) is 23.3. The Balaban J connectivity index is 2.02. The molecule has 0 unspecified atom stereocenters. The van der Waals surface area contributed by atoms with Gasteiger partial charge < -0.3 is 14.2 Å². The van der Waals surface area contributed by atoms with E-state index in [9.17, 15) is 29.8 Å². The number of hydrogen-bond acceptors (Lipinski definition) is 11. The average Bonchev–Trinajstić information content (AvgIpc) is 3.21. The summed E-state index contributed by atoms with van der Waals surface area (Å²) >= 11 is 0.995. The summed E-state index contributed by atoms with van der Waals surface area (Å²) in [5.41, 5.74) is 0.262. The molecular formula is C26H24N4O9S. The Kier molecular flexibility index (Phi) is 7.81. The van der Waals surface area contributed by atoms with E-state index in [1.54, 1.807) is 32.9 Å². The average molecular weight is 569 g/mol. The molecule has 2 heterocycles. The Bertz CT molecular complexity index is 1770. The van der Waals surface area contributed by atoms with Gasteiger partial charge in [0.2, 0.25) is 5.75 Å². The molecule has 0 radical (unpaired) electrons. The van der Waals surface area contributed by atoms with Gasteiger partial charge >= 0.3 is 11.7 Å². The highest BCUT2D eigenvalue weighted by molar-refractivity contribution is 7.07. The number of hydrogen-bond donors (Lipinski definition) is 0. The number of allylic oxidation sites excluding steroid dienone is 1. The Morgan fingerprint density at radius 1 is 1.07 bits per heavy atom. The molecule has 1 atom stereocenters. The van der Waals surface area contributed by atoms with Crippen LogP contribution in [0.5, 0.6) is 11.5 Å². The zero-order chi connectivity index (χ0) is 29.3. The summed E-state index contributed by atoms with van der Waals surface area (Å²) in [6.07, 6.45) is 1.42. The first-order valence-electron chi connectivity index (χ1n) is 11.9. The first-order valence-corrected chi connectivity index (χ1v) is 12.7. The van der Waals surface area contributed by atoms with Crippen molar-refractivity contribution < 1.29 is 28.9 Å². The maximum absolute atomic E-state index is 13.8. The largest absolute Gasteiger partial charge is 0.496 e. The molecule has 1 aliphatic heterocycles. The summed E-state index contributed by atoms with van der Waals surface area (Å²) in [4.78, 5) is 53.7. The summed E-state index contributed by atoms with van der Waals surface area (Å²) in [6, 6.07) is 5.99. The van der Waals surface area contributed by atoms with Crippen molar-refractivity contribution in [3.63, 3.8) is 0 Å². The van der Waals surface area contributed by atoms with Crippen molar-refractivity contribution in [3.8, 4) is 11.5 Å². The predicted molar refractivity (Wildman–Crippen MR) is 144 cm³/mol. The van der Waals surface area contributed by atoms with Gasteiger partial charge in [-0.2, -0.15) is 0 Å². The number of benzene rings is 2. The molecule has 0 N–H and O–H groups in total. The van der Waals surface area contributed by atoms with E-state index in [2.05, 4.69) is 4.99 Å². The lowest BCUT2D eigenvalue weighted by molar-refractivity contribution is -0.385. The number of esters is 1. The van der Waals surface area contributed by atoms with Crippen molar-refractivity contribution in [1.82, 2.24) is 4.57 Å². The monoisotopic (exact) mass is 568 g/mol. The van der Waals surface area contributed by atoms with E-state index in [0.717, 1.165) is 11.3 Å². The maximum atomic E-state index is 13.8. The van der Waals surface area contributed by atoms with Crippen LogP contribution in [0.1, 0.15) is 36.6 Å². The summed E-state index contributed by atoms with van der Waals surface area (Å²) < 4.78 is 17.1. The van der Waals surface area contributed by atoms with Crippen LogP contribution in [0, 0.1) is 27.2 Å². The summed E-state index contributed by atoms with van der Waals surface area (Å²) in [7, 11) is 2.66. The van der Waals surface area contributed by atoms with Crippen LogP contribution >= 0.6 is 11.3 Å². The molecule has 40 heavy (non-hydrogen) atoms. The van der Waals surface area contributed by atoms with Crippen LogP contribution in [0.4, 0.5) is 11.4 Å². The third kappa shape index (κ3) is 4.96. The number of ether oxygens (including phenoxy) is 3. The number of nitro groups is 2. The van der Waals surface area contributed by atoms with Gasteiger partial charge in [0, 0.05) is 29.3 Å². The van der Waals surface area contributed by atoms with Gasteiger partial charge in [-0.1, -0.05) is 23.5 Å². The molecule has 3 aromatic rings. The Morgan fingerprint density at radius 2 is 1.75 bits per heavy atom. The topological polar surface area (TPSA) is 165 Å².